The maximum atomic E-state index is 5.95. The zero-order valence-electron chi connectivity index (χ0n) is 10.8. The Morgan fingerprint density at radius 3 is 2.83 bits per heavy atom. The summed E-state index contributed by atoms with van der Waals surface area (Å²) in [6.45, 7) is 4.30. The Kier molecular flexibility index (Phi) is 2.62. The lowest BCUT2D eigenvalue weighted by molar-refractivity contribution is 0.417. The van der Waals surface area contributed by atoms with Crippen molar-refractivity contribution in [2.45, 2.75) is 32.6 Å². The molecule has 1 aliphatic carbocycles. The minimum Gasteiger partial charge on any atom is -0.367 e. The molecule has 1 fully saturated rings. The number of anilines is 1. The van der Waals surface area contributed by atoms with Gasteiger partial charge in [-0.15, -0.1) is 0 Å². The van der Waals surface area contributed by atoms with E-state index >= 15 is 0 Å². The molecule has 0 radical (unpaired) electrons. The smallest absolute Gasteiger partial charge is 0.230 e. The highest BCUT2D eigenvalue weighted by molar-refractivity contribution is 5.76. The number of aromatic nitrogens is 1. The molecule has 0 bridgehead atoms. The molecule has 0 amide bonds. The van der Waals surface area contributed by atoms with Crippen molar-refractivity contribution in [2.75, 3.05) is 5.73 Å². The third-order valence-electron chi connectivity index (χ3n) is 3.81. The molecule has 1 saturated carbocycles. The van der Waals surface area contributed by atoms with E-state index in [4.69, 9.17) is 10.3 Å². The van der Waals surface area contributed by atoms with Crippen LogP contribution in [0.15, 0.2) is 28.8 Å². The number of aryl methyl sites for hydroxylation is 1. The molecular weight excluding hydrogens is 224 g/mol. The Morgan fingerprint density at radius 1 is 1.39 bits per heavy atom. The molecule has 0 saturated heterocycles. The average Bonchev–Trinajstić information content (AvgIpc) is 3.12. The number of benzene rings is 1. The zero-order chi connectivity index (χ0) is 12.7. The minimum absolute atomic E-state index is 0.432. The highest BCUT2D eigenvalue weighted by Gasteiger charge is 2.33. The molecule has 3 heteroatoms. The fourth-order valence-corrected chi connectivity index (χ4v) is 2.54. The Balaban J connectivity index is 2.07. The summed E-state index contributed by atoms with van der Waals surface area (Å²) in [5.74, 6) is 1.61. The molecule has 1 heterocycles. The van der Waals surface area contributed by atoms with E-state index in [9.17, 15) is 0 Å². The summed E-state index contributed by atoms with van der Waals surface area (Å²) >= 11 is 0. The first-order valence-corrected chi connectivity index (χ1v) is 6.49. The molecule has 1 aromatic heterocycles. The van der Waals surface area contributed by atoms with Gasteiger partial charge in [0, 0.05) is 5.92 Å². The van der Waals surface area contributed by atoms with Crippen LogP contribution in [-0.4, -0.2) is 5.16 Å². The van der Waals surface area contributed by atoms with Gasteiger partial charge in [-0.05, 0) is 31.2 Å². The fourth-order valence-electron chi connectivity index (χ4n) is 2.54. The summed E-state index contributed by atoms with van der Waals surface area (Å²) < 4.78 is 5.22. The van der Waals surface area contributed by atoms with Crippen LogP contribution >= 0.6 is 0 Å². The fraction of sp³-hybridized carbons (Fsp3) is 0.400. The van der Waals surface area contributed by atoms with Crippen LogP contribution in [0.25, 0.3) is 11.1 Å². The Labute approximate surface area is 107 Å². The van der Waals surface area contributed by atoms with Crippen LogP contribution in [0.2, 0.25) is 0 Å². The van der Waals surface area contributed by atoms with Crippen molar-refractivity contribution < 1.29 is 4.52 Å². The van der Waals surface area contributed by atoms with Crippen LogP contribution in [0.4, 0.5) is 5.88 Å². The molecule has 94 valence electrons. The summed E-state index contributed by atoms with van der Waals surface area (Å²) in [6, 6.07) is 8.32. The molecule has 1 aliphatic rings. The molecule has 2 N–H and O–H groups in total. The van der Waals surface area contributed by atoms with Crippen molar-refractivity contribution >= 4 is 5.88 Å². The lowest BCUT2D eigenvalue weighted by Crippen LogP contribution is -1.99. The second kappa shape index (κ2) is 4.16. The molecule has 1 atom stereocenters. The van der Waals surface area contributed by atoms with E-state index in [1.165, 1.54) is 18.4 Å². The molecule has 3 rings (SSSR count). The molecule has 1 unspecified atom stereocenters. The number of nitrogen functional groups attached to an aromatic ring is 1. The van der Waals surface area contributed by atoms with Gasteiger partial charge in [-0.2, -0.15) is 0 Å². The van der Waals surface area contributed by atoms with Gasteiger partial charge in [-0.1, -0.05) is 41.9 Å². The first kappa shape index (κ1) is 11.3. The van der Waals surface area contributed by atoms with Gasteiger partial charge in [0.1, 0.15) is 0 Å². The number of hydrogen-bond acceptors (Lipinski definition) is 3. The Hall–Kier alpha value is -1.77. The van der Waals surface area contributed by atoms with Crippen LogP contribution in [0.5, 0.6) is 0 Å². The minimum atomic E-state index is 0.432. The van der Waals surface area contributed by atoms with Crippen molar-refractivity contribution in [1.82, 2.24) is 5.16 Å². The normalized spacial score (nSPS) is 16.8. The number of nitrogens with zero attached hydrogens (tertiary/aromatic N) is 1. The molecular formula is C15H18N2O. The van der Waals surface area contributed by atoms with Crippen molar-refractivity contribution in [3.05, 3.63) is 35.5 Å². The summed E-state index contributed by atoms with van der Waals surface area (Å²) in [5, 5.41) is 4.18. The third-order valence-corrected chi connectivity index (χ3v) is 3.81. The van der Waals surface area contributed by atoms with Gasteiger partial charge in [-0.3, -0.25) is 0 Å². The van der Waals surface area contributed by atoms with Crippen LogP contribution in [0.3, 0.4) is 0 Å². The van der Waals surface area contributed by atoms with E-state index in [1.54, 1.807) is 0 Å². The summed E-state index contributed by atoms with van der Waals surface area (Å²) in [5.41, 5.74) is 10.3. The maximum absolute atomic E-state index is 5.95. The van der Waals surface area contributed by atoms with E-state index < -0.39 is 0 Å². The first-order chi connectivity index (χ1) is 8.66. The zero-order valence-corrected chi connectivity index (χ0v) is 10.8. The van der Waals surface area contributed by atoms with Gasteiger partial charge in [0.2, 0.25) is 5.88 Å². The molecule has 0 spiro atoms. The quantitative estimate of drug-likeness (QED) is 0.891. The summed E-state index contributed by atoms with van der Waals surface area (Å²) in [7, 11) is 0. The van der Waals surface area contributed by atoms with E-state index in [2.05, 4.69) is 37.2 Å². The first-order valence-electron chi connectivity index (χ1n) is 6.49. The van der Waals surface area contributed by atoms with E-state index in [1.807, 2.05) is 6.07 Å². The SMILES string of the molecule is Cc1cccc(-c2c(C(C)C3CC3)noc2N)c1. The highest BCUT2D eigenvalue weighted by atomic mass is 16.5. The van der Waals surface area contributed by atoms with E-state index in [0.29, 0.717) is 11.8 Å². The predicted molar refractivity (Wildman–Crippen MR) is 72.2 cm³/mol. The lowest BCUT2D eigenvalue weighted by Gasteiger charge is -2.09. The average molecular weight is 242 g/mol. The van der Waals surface area contributed by atoms with Crippen LogP contribution in [-0.2, 0) is 0 Å². The number of rotatable bonds is 3. The molecule has 0 aliphatic heterocycles. The Morgan fingerprint density at radius 2 is 2.17 bits per heavy atom. The van der Waals surface area contributed by atoms with Gasteiger partial charge in [0.05, 0.1) is 11.3 Å². The maximum Gasteiger partial charge on any atom is 0.230 e. The third kappa shape index (κ3) is 1.90. The monoisotopic (exact) mass is 242 g/mol. The predicted octanol–water partition coefficient (Wildman–Crippen LogP) is 3.75. The molecule has 1 aromatic carbocycles. The van der Waals surface area contributed by atoms with Gasteiger partial charge in [-0.25, -0.2) is 0 Å². The van der Waals surface area contributed by atoms with Crippen LogP contribution in [0, 0.1) is 12.8 Å². The van der Waals surface area contributed by atoms with Crippen molar-refractivity contribution in [3.8, 4) is 11.1 Å². The second-order valence-corrected chi connectivity index (χ2v) is 5.30. The van der Waals surface area contributed by atoms with Gasteiger partial charge >= 0.3 is 0 Å². The number of nitrogens with two attached hydrogens (primary N) is 1. The van der Waals surface area contributed by atoms with Crippen LogP contribution < -0.4 is 5.73 Å². The Bertz CT molecular complexity index is 570. The van der Waals surface area contributed by atoms with Crippen molar-refractivity contribution in [3.63, 3.8) is 0 Å². The van der Waals surface area contributed by atoms with Gasteiger partial charge < -0.3 is 10.3 Å². The highest BCUT2D eigenvalue weighted by Crippen LogP contribution is 2.45. The molecule has 2 aromatic rings. The summed E-state index contributed by atoms with van der Waals surface area (Å²) in [4.78, 5) is 0. The molecule has 18 heavy (non-hydrogen) atoms. The van der Waals surface area contributed by atoms with E-state index in [0.717, 1.165) is 22.7 Å². The summed E-state index contributed by atoms with van der Waals surface area (Å²) in [6.07, 6.45) is 2.59. The van der Waals surface area contributed by atoms with E-state index in [-0.39, 0.29) is 0 Å². The molecule has 3 nitrogen and oxygen atoms in total. The lowest BCUT2D eigenvalue weighted by atomic mass is 9.94. The standard InChI is InChI=1S/C15H18N2O/c1-9-4-3-5-12(8-9)13-14(17-18-15(13)16)10(2)11-6-7-11/h3-5,8,10-11H,6-7,16H2,1-2H3. The topological polar surface area (TPSA) is 52.0 Å². The van der Waals surface area contributed by atoms with Gasteiger partial charge in [0.15, 0.2) is 0 Å². The van der Waals surface area contributed by atoms with Crippen LogP contribution in [0.1, 0.15) is 36.9 Å². The largest absolute Gasteiger partial charge is 0.367 e. The van der Waals surface area contributed by atoms with Gasteiger partial charge in [0.25, 0.3) is 0 Å². The van der Waals surface area contributed by atoms with Crippen molar-refractivity contribution in [2.24, 2.45) is 5.92 Å². The van der Waals surface area contributed by atoms with Crippen molar-refractivity contribution in [1.29, 1.82) is 0 Å². The number of hydrogen-bond donors (Lipinski definition) is 1. The second-order valence-electron chi connectivity index (χ2n) is 5.30.